The Bertz CT molecular complexity index is 1850. The highest BCUT2D eigenvalue weighted by molar-refractivity contribution is 7.80. The molecule has 2 aromatic heterocycles. The van der Waals surface area contributed by atoms with Gasteiger partial charge in [0, 0.05) is 41.6 Å². The average Bonchev–Trinajstić information content (AvgIpc) is 3.50. The fourth-order valence-corrected chi connectivity index (χ4v) is 6.45. The third kappa shape index (κ3) is 5.53. The van der Waals surface area contributed by atoms with E-state index < -0.39 is 17.8 Å². The van der Waals surface area contributed by atoms with Crippen LogP contribution < -0.4 is 10.6 Å². The molecule has 0 unspecified atom stereocenters. The number of benzene rings is 3. The van der Waals surface area contributed by atoms with Gasteiger partial charge in [0.2, 0.25) is 5.91 Å². The lowest BCUT2D eigenvalue weighted by Crippen LogP contribution is -2.33. The van der Waals surface area contributed by atoms with Crippen molar-refractivity contribution in [3.05, 3.63) is 125 Å². The maximum atomic E-state index is 14.0. The molecule has 0 saturated carbocycles. The first-order chi connectivity index (χ1) is 21.1. The number of nitrogens with zero attached hydrogens (tertiary/aromatic N) is 3. The Balaban J connectivity index is 1.34. The van der Waals surface area contributed by atoms with Gasteiger partial charge < -0.3 is 20.1 Å². The van der Waals surface area contributed by atoms with Crippen LogP contribution in [0.15, 0.2) is 97.2 Å². The van der Waals surface area contributed by atoms with Crippen molar-refractivity contribution >= 4 is 39.7 Å². The molecule has 1 amide bonds. The van der Waals surface area contributed by atoms with Gasteiger partial charge >= 0.3 is 6.18 Å². The number of anilines is 1. The molecule has 5 aromatic rings. The van der Waals surface area contributed by atoms with E-state index in [2.05, 4.69) is 15.6 Å². The minimum atomic E-state index is -4.52. The van der Waals surface area contributed by atoms with E-state index in [-0.39, 0.29) is 24.1 Å². The predicted octanol–water partition coefficient (Wildman–Crippen LogP) is 7.66. The predicted molar refractivity (Wildman–Crippen MR) is 170 cm³/mol. The second-order valence-electron chi connectivity index (χ2n) is 10.8. The van der Waals surface area contributed by atoms with E-state index in [1.807, 2.05) is 78.6 Å². The molecule has 2 atom stereocenters. The van der Waals surface area contributed by atoms with Crippen molar-refractivity contribution in [3.8, 4) is 5.69 Å². The molecule has 3 aromatic carbocycles. The van der Waals surface area contributed by atoms with Crippen LogP contribution in [0.3, 0.4) is 0 Å². The quantitative estimate of drug-likeness (QED) is 0.185. The van der Waals surface area contributed by atoms with Crippen LogP contribution in [0, 0.1) is 13.8 Å². The molecule has 0 spiro atoms. The zero-order chi connectivity index (χ0) is 31.0. The number of rotatable bonds is 7. The monoisotopic (exact) mass is 613 g/mol. The topological polar surface area (TPSA) is 62.2 Å². The lowest BCUT2D eigenvalue weighted by atomic mass is 9.96. The second kappa shape index (κ2) is 11.8. The van der Waals surface area contributed by atoms with Gasteiger partial charge in [0.1, 0.15) is 0 Å². The molecule has 6 nitrogen and oxygen atoms in total. The number of aryl methyl sites for hydroxylation is 1. The summed E-state index contributed by atoms with van der Waals surface area (Å²) >= 11 is 5.79. The molecule has 10 heteroatoms. The third-order valence-electron chi connectivity index (χ3n) is 8.08. The summed E-state index contributed by atoms with van der Waals surface area (Å²) in [6.07, 6.45) is -2.68. The molecule has 0 bridgehead atoms. The highest BCUT2D eigenvalue weighted by Crippen LogP contribution is 2.43. The summed E-state index contributed by atoms with van der Waals surface area (Å²) in [7, 11) is 0. The van der Waals surface area contributed by atoms with Crippen LogP contribution in [0.1, 0.15) is 46.7 Å². The van der Waals surface area contributed by atoms with Gasteiger partial charge in [0.25, 0.3) is 0 Å². The number of alkyl halides is 3. The zero-order valence-corrected chi connectivity index (χ0v) is 24.9. The fourth-order valence-electron chi connectivity index (χ4n) is 6.12. The van der Waals surface area contributed by atoms with Crippen LogP contribution in [-0.4, -0.2) is 32.0 Å². The summed E-state index contributed by atoms with van der Waals surface area (Å²) in [6.45, 7) is 3.90. The maximum Gasteiger partial charge on any atom is 0.418 e. The summed E-state index contributed by atoms with van der Waals surface area (Å²) in [4.78, 5) is 19.7. The minimum Gasteiger partial charge on any atom is -0.352 e. The van der Waals surface area contributed by atoms with Gasteiger partial charge in [0.15, 0.2) is 5.11 Å². The Morgan fingerprint density at radius 1 is 0.977 bits per heavy atom. The van der Waals surface area contributed by atoms with Crippen LogP contribution in [0.25, 0.3) is 16.5 Å². The number of hydrogen-bond acceptors (Lipinski definition) is 3. The van der Waals surface area contributed by atoms with E-state index in [4.69, 9.17) is 12.2 Å². The molecule has 0 aliphatic carbocycles. The number of carbonyl (C=O) groups excluding carboxylic acids is 1. The van der Waals surface area contributed by atoms with Crippen molar-refractivity contribution in [2.24, 2.45) is 0 Å². The van der Waals surface area contributed by atoms with Crippen molar-refractivity contribution < 1.29 is 18.0 Å². The van der Waals surface area contributed by atoms with E-state index in [0.717, 1.165) is 33.8 Å². The van der Waals surface area contributed by atoms with Crippen LogP contribution in [0.2, 0.25) is 0 Å². The molecule has 0 radical (unpaired) electrons. The summed E-state index contributed by atoms with van der Waals surface area (Å²) in [5.41, 5.74) is 2.93. The Hall–Kier alpha value is -4.70. The van der Waals surface area contributed by atoms with Gasteiger partial charge in [-0.15, -0.1) is 0 Å². The largest absolute Gasteiger partial charge is 0.418 e. The number of pyridine rings is 1. The van der Waals surface area contributed by atoms with Gasteiger partial charge in [-0.1, -0.05) is 54.6 Å². The van der Waals surface area contributed by atoms with E-state index in [1.165, 1.54) is 12.1 Å². The second-order valence-corrected chi connectivity index (χ2v) is 11.2. The molecular weight excluding hydrogens is 583 g/mol. The van der Waals surface area contributed by atoms with Crippen LogP contribution in [-0.2, 0) is 11.0 Å². The number of carbonyl (C=O) groups is 1. The van der Waals surface area contributed by atoms with Gasteiger partial charge in [-0.3, -0.25) is 9.78 Å². The number of nitrogens with one attached hydrogen (secondary N) is 2. The first-order valence-electron chi connectivity index (χ1n) is 14.2. The first-order valence-corrected chi connectivity index (χ1v) is 14.7. The van der Waals surface area contributed by atoms with Gasteiger partial charge in [-0.25, -0.2) is 0 Å². The van der Waals surface area contributed by atoms with Crippen molar-refractivity contribution in [3.63, 3.8) is 0 Å². The summed E-state index contributed by atoms with van der Waals surface area (Å²) in [5, 5.41) is 8.83. The number of hydrogen-bond donors (Lipinski definition) is 2. The lowest BCUT2D eigenvalue weighted by molar-refractivity contribution is -0.137. The standard InChI is InChI=1S/C34H30F3N5OS/c1-21-20-25(22(2)42(21)29-16-6-5-13-26(29)34(35,36)37)32-31(28-14-7-8-18-38-28)40-33(44)41(32)19-17-30(43)39-27-15-9-11-23-10-3-4-12-24(23)27/h3-16,18,20,31-32H,17,19H2,1-2H3,(H,39,43)(H,40,44)/t31-,32-/m1/s1. The molecule has 224 valence electrons. The molecule has 3 heterocycles. The molecule has 1 fully saturated rings. The Labute approximate surface area is 258 Å². The van der Waals surface area contributed by atoms with Crippen molar-refractivity contribution in [1.29, 1.82) is 0 Å². The van der Waals surface area contributed by atoms with Crippen LogP contribution in [0.4, 0.5) is 18.9 Å². The van der Waals surface area contributed by atoms with Gasteiger partial charge in [-0.05, 0) is 73.4 Å². The van der Waals surface area contributed by atoms with E-state index in [1.54, 1.807) is 23.8 Å². The zero-order valence-electron chi connectivity index (χ0n) is 24.1. The van der Waals surface area contributed by atoms with Crippen molar-refractivity contribution in [1.82, 2.24) is 19.8 Å². The molecular formula is C34H30F3N5OS. The lowest BCUT2D eigenvalue weighted by Gasteiger charge is -2.28. The summed E-state index contributed by atoms with van der Waals surface area (Å²) in [6, 6.07) is 25.9. The Kier molecular flexibility index (Phi) is 7.85. The van der Waals surface area contributed by atoms with Crippen molar-refractivity contribution in [2.45, 2.75) is 38.5 Å². The minimum absolute atomic E-state index is 0.0604. The van der Waals surface area contributed by atoms with Crippen LogP contribution >= 0.6 is 12.2 Å². The maximum absolute atomic E-state index is 14.0. The SMILES string of the molecule is Cc1cc([C@@H]2[C@@H](c3ccccn3)NC(=S)N2CCC(=O)Nc2cccc3ccccc23)c(C)n1-c1ccccc1C(F)(F)F. The normalized spacial score (nSPS) is 16.8. The van der Waals surface area contributed by atoms with E-state index in [0.29, 0.717) is 23.0 Å². The average molecular weight is 614 g/mol. The summed E-state index contributed by atoms with van der Waals surface area (Å²) in [5.74, 6) is -0.172. The number of para-hydroxylation sites is 1. The molecule has 2 N–H and O–H groups in total. The smallest absolute Gasteiger partial charge is 0.352 e. The Morgan fingerprint density at radius 3 is 2.48 bits per heavy atom. The number of halogens is 3. The number of aromatic nitrogens is 2. The third-order valence-corrected chi connectivity index (χ3v) is 8.43. The highest BCUT2D eigenvalue weighted by Gasteiger charge is 2.42. The highest BCUT2D eigenvalue weighted by atomic mass is 32.1. The van der Waals surface area contributed by atoms with Crippen molar-refractivity contribution in [2.75, 3.05) is 11.9 Å². The number of thiocarbonyl (C=S) groups is 1. The summed E-state index contributed by atoms with van der Waals surface area (Å²) < 4.78 is 43.7. The molecule has 44 heavy (non-hydrogen) atoms. The molecule has 1 aliphatic heterocycles. The number of amides is 1. The molecule has 1 saturated heterocycles. The van der Waals surface area contributed by atoms with Gasteiger partial charge in [-0.2, -0.15) is 13.2 Å². The molecule has 6 rings (SSSR count). The van der Waals surface area contributed by atoms with E-state index >= 15 is 0 Å². The van der Waals surface area contributed by atoms with Crippen LogP contribution in [0.5, 0.6) is 0 Å². The molecule has 1 aliphatic rings. The Morgan fingerprint density at radius 2 is 1.70 bits per heavy atom. The van der Waals surface area contributed by atoms with E-state index in [9.17, 15) is 18.0 Å². The fraction of sp³-hybridized carbons (Fsp3) is 0.206. The number of fused-ring (bicyclic) bond motifs is 1. The first kappa shape index (κ1) is 29.4. The van der Waals surface area contributed by atoms with Gasteiger partial charge in [0.05, 0.1) is 29.0 Å².